The smallest absolute Gasteiger partial charge is 0.279 e. The maximum Gasteiger partial charge on any atom is 0.279 e. The van der Waals surface area contributed by atoms with Gasteiger partial charge in [-0.05, 0) is 55.5 Å². The molecule has 0 aliphatic carbocycles. The Kier molecular flexibility index (Phi) is 7.08. The molecule has 29 heavy (non-hydrogen) atoms. The third-order valence-corrected chi connectivity index (χ3v) is 5.01. The Bertz CT molecular complexity index is 813. The van der Waals surface area contributed by atoms with Gasteiger partial charge in [-0.25, -0.2) is 0 Å². The maximum absolute atomic E-state index is 12.3. The number of primary amides is 1. The summed E-state index contributed by atoms with van der Waals surface area (Å²) in [5.74, 6) is 1.88. The summed E-state index contributed by atoms with van der Waals surface area (Å²) in [5, 5.41) is 2.91. The van der Waals surface area contributed by atoms with Gasteiger partial charge in [-0.1, -0.05) is 0 Å². The van der Waals surface area contributed by atoms with Crippen molar-refractivity contribution in [3.8, 4) is 17.2 Å². The van der Waals surface area contributed by atoms with E-state index in [9.17, 15) is 9.59 Å². The highest BCUT2D eigenvalue weighted by Crippen LogP contribution is 2.25. The Balaban J connectivity index is 1.46. The molecule has 0 unspecified atom stereocenters. The molecule has 2 aromatic rings. The first kappa shape index (κ1) is 20.7. The zero-order valence-corrected chi connectivity index (χ0v) is 16.6. The summed E-state index contributed by atoms with van der Waals surface area (Å²) < 4.78 is 11.2. The highest BCUT2D eigenvalue weighted by Gasteiger charge is 2.26. The van der Waals surface area contributed by atoms with Gasteiger partial charge < -0.3 is 25.4 Å². The number of hydrogen-bond donors (Lipinski definition) is 3. The second kappa shape index (κ2) is 9.93. The number of piperidine rings is 1. The summed E-state index contributed by atoms with van der Waals surface area (Å²) in [6.45, 7) is 4.53. The van der Waals surface area contributed by atoms with Crippen LogP contribution in [0.2, 0.25) is 0 Å². The lowest BCUT2D eigenvalue weighted by atomic mass is 9.96. The molecule has 1 saturated heterocycles. The Labute approximate surface area is 170 Å². The number of anilines is 1. The van der Waals surface area contributed by atoms with Crippen molar-refractivity contribution in [1.82, 2.24) is 0 Å². The van der Waals surface area contributed by atoms with Gasteiger partial charge in [0.2, 0.25) is 5.91 Å². The van der Waals surface area contributed by atoms with Gasteiger partial charge in [0.25, 0.3) is 5.91 Å². The van der Waals surface area contributed by atoms with E-state index < -0.39 is 0 Å². The van der Waals surface area contributed by atoms with E-state index >= 15 is 0 Å². The minimum atomic E-state index is -0.235. The van der Waals surface area contributed by atoms with Crippen molar-refractivity contribution in [3.63, 3.8) is 0 Å². The van der Waals surface area contributed by atoms with Gasteiger partial charge in [0.15, 0.2) is 6.54 Å². The van der Waals surface area contributed by atoms with Crippen LogP contribution in [0.5, 0.6) is 17.2 Å². The van der Waals surface area contributed by atoms with Crippen LogP contribution < -0.4 is 25.4 Å². The van der Waals surface area contributed by atoms with Crippen molar-refractivity contribution in [2.75, 3.05) is 31.6 Å². The van der Waals surface area contributed by atoms with E-state index in [0.29, 0.717) is 24.7 Å². The highest BCUT2D eigenvalue weighted by molar-refractivity contribution is 5.91. The molecule has 1 fully saturated rings. The summed E-state index contributed by atoms with van der Waals surface area (Å²) in [7, 11) is 0. The van der Waals surface area contributed by atoms with Crippen LogP contribution in [0.4, 0.5) is 5.69 Å². The molecule has 1 heterocycles. The zero-order valence-electron chi connectivity index (χ0n) is 16.6. The third kappa shape index (κ3) is 6.22. The van der Waals surface area contributed by atoms with Crippen LogP contribution in [-0.4, -0.2) is 38.1 Å². The predicted molar refractivity (Wildman–Crippen MR) is 110 cm³/mol. The molecule has 0 atom stereocenters. The Morgan fingerprint density at radius 2 is 1.55 bits per heavy atom. The van der Waals surface area contributed by atoms with Crippen LogP contribution in [0, 0.1) is 5.92 Å². The second-order valence-electron chi connectivity index (χ2n) is 7.18. The number of likely N-dealkylation sites (tertiary alicyclic amines) is 1. The average molecular weight is 398 g/mol. The van der Waals surface area contributed by atoms with Crippen LogP contribution in [0.25, 0.3) is 0 Å². The fourth-order valence-electron chi connectivity index (χ4n) is 3.43. The van der Waals surface area contributed by atoms with Gasteiger partial charge in [-0.3, -0.25) is 9.59 Å². The van der Waals surface area contributed by atoms with Crippen LogP contribution in [0.1, 0.15) is 19.8 Å². The number of nitrogens with one attached hydrogen (secondary N) is 2. The number of carbonyl (C=O) groups is 2. The minimum Gasteiger partial charge on any atom is -0.494 e. The molecule has 7 heteroatoms. The highest BCUT2D eigenvalue weighted by atomic mass is 16.5. The predicted octanol–water partition coefficient (Wildman–Crippen LogP) is 1.60. The van der Waals surface area contributed by atoms with Crippen molar-refractivity contribution >= 4 is 17.5 Å². The molecule has 0 radical (unpaired) electrons. The molecule has 154 valence electrons. The summed E-state index contributed by atoms with van der Waals surface area (Å²) in [6, 6.07) is 14.7. The largest absolute Gasteiger partial charge is 0.494 e. The molecule has 2 aromatic carbocycles. The molecule has 0 aromatic heterocycles. The summed E-state index contributed by atoms with van der Waals surface area (Å²) in [4.78, 5) is 24.7. The third-order valence-electron chi connectivity index (χ3n) is 5.01. The van der Waals surface area contributed by atoms with E-state index in [2.05, 4.69) is 5.32 Å². The molecule has 4 N–H and O–H groups in total. The number of amides is 2. The molecule has 0 saturated carbocycles. The first-order valence-corrected chi connectivity index (χ1v) is 9.97. The van der Waals surface area contributed by atoms with E-state index in [1.54, 1.807) is 0 Å². The fraction of sp³-hybridized carbons (Fsp3) is 0.364. The number of hydrogen-bond acceptors (Lipinski definition) is 4. The van der Waals surface area contributed by atoms with E-state index in [4.69, 9.17) is 15.2 Å². The number of benzene rings is 2. The van der Waals surface area contributed by atoms with Crippen LogP contribution in [-0.2, 0) is 9.59 Å². The van der Waals surface area contributed by atoms with Gasteiger partial charge in [0, 0.05) is 24.4 Å². The standard InChI is InChI=1S/C22H27N3O4/c1-2-28-18-7-9-20(10-8-18)29-19-5-3-17(4-6-19)24-21(26)15-25-13-11-16(12-14-25)22(23)27/h3-10,16H,2,11-15H2,1H3,(H2,23,27)(H,24,26)/p+1. The molecule has 2 amide bonds. The van der Waals surface area contributed by atoms with Crippen molar-refractivity contribution in [3.05, 3.63) is 48.5 Å². The first-order chi connectivity index (χ1) is 14.0. The van der Waals surface area contributed by atoms with E-state index in [1.165, 1.54) is 4.90 Å². The van der Waals surface area contributed by atoms with Gasteiger partial charge >= 0.3 is 0 Å². The SMILES string of the molecule is CCOc1ccc(Oc2ccc(NC(=O)C[NH+]3CCC(C(N)=O)CC3)cc2)cc1. The molecule has 3 rings (SSSR count). The van der Waals surface area contributed by atoms with E-state index in [0.717, 1.165) is 37.4 Å². The number of rotatable bonds is 8. The molecule has 1 aliphatic heterocycles. The molecular formula is C22H28N3O4+. The number of nitrogens with two attached hydrogens (primary N) is 1. The Morgan fingerprint density at radius 1 is 1.00 bits per heavy atom. The van der Waals surface area contributed by atoms with E-state index in [-0.39, 0.29) is 17.7 Å². The number of quaternary nitrogens is 1. The van der Waals surface area contributed by atoms with Crippen molar-refractivity contribution in [1.29, 1.82) is 0 Å². The normalized spacial score (nSPS) is 18.7. The lowest BCUT2D eigenvalue weighted by Crippen LogP contribution is -3.14. The Hall–Kier alpha value is -3.06. The van der Waals surface area contributed by atoms with Gasteiger partial charge in [0.05, 0.1) is 19.7 Å². The van der Waals surface area contributed by atoms with Crippen LogP contribution >= 0.6 is 0 Å². The van der Waals surface area contributed by atoms with Crippen LogP contribution in [0.15, 0.2) is 48.5 Å². The van der Waals surface area contributed by atoms with Crippen LogP contribution in [0.3, 0.4) is 0 Å². The van der Waals surface area contributed by atoms with Crippen molar-refractivity contribution in [2.24, 2.45) is 11.7 Å². The quantitative estimate of drug-likeness (QED) is 0.629. The molecular weight excluding hydrogens is 370 g/mol. The van der Waals surface area contributed by atoms with Gasteiger partial charge in [0.1, 0.15) is 17.2 Å². The minimum absolute atomic E-state index is 0.0438. The monoisotopic (exact) mass is 398 g/mol. The molecule has 7 nitrogen and oxygen atoms in total. The van der Waals surface area contributed by atoms with Crippen molar-refractivity contribution < 1.29 is 24.0 Å². The van der Waals surface area contributed by atoms with Gasteiger partial charge in [-0.15, -0.1) is 0 Å². The number of carbonyl (C=O) groups excluding carboxylic acids is 2. The van der Waals surface area contributed by atoms with Gasteiger partial charge in [-0.2, -0.15) is 0 Å². The summed E-state index contributed by atoms with van der Waals surface area (Å²) >= 11 is 0. The zero-order chi connectivity index (χ0) is 20.6. The van der Waals surface area contributed by atoms with Crippen molar-refractivity contribution in [2.45, 2.75) is 19.8 Å². The number of ether oxygens (including phenoxy) is 2. The fourth-order valence-corrected chi connectivity index (χ4v) is 3.43. The molecule has 1 aliphatic rings. The lowest BCUT2D eigenvalue weighted by molar-refractivity contribution is -0.897. The molecule has 0 bridgehead atoms. The molecule has 0 spiro atoms. The maximum atomic E-state index is 12.3. The second-order valence-corrected chi connectivity index (χ2v) is 7.18. The summed E-state index contributed by atoms with van der Waals surface area (Å²) in [6.07, 6.45) is 1.49. The topological polar surface area (TPSA) is 95.1 Å². The first-order valence-electron chi connectivity index (χ1n) is 9.97. The summed E-state index contributed by atoms with van der Waals surface area (Å²) in [5.41, 5.74) is 6.07. The van der Waals surface area contributed by atoms with E-state index in [1.807, 2.05) is 55.5 Å². The average Bonchev–Trinajstić information content (AvgIpc) is 2.71. The lowest BCUT2D eigenvalue weighted by Gasteiger charge is -2.27. The Morgan fingerprint density at radius 3 is 2.10 bits per heavy atom.